The summed E-state index contributed by atoms with van der Waals surface area (Å²) in [6, 6.07) is 7.73. The van der Waals surface area contributed by atoms with Crippen molar-refractivity contribution in [1.82, 2.24) is 0 Å². The second-order valence-electron chi connectivity index (χ2n) is 5.93. The molecule has 2 aliphatic rings. The molecule has 1 nitrogen and oxygen atoms in total. The van der Waals surface area contributed by atoms with Crippen LogP contribution >= 0.6 is 0 Å². The highest BCUT2D eigenvalue weighted by Gasteiger charge is 2.17. The largest absolute Gasteiger partial charge is 0.382 e. The van der Waals surface area contributed by atoms with Crippen LogP contribution in [0.5, 0.6) is 0 Å². The van der Waals surface area contributed by atoms with Crippen LogP contribution in [0.1, 0.15) is 50.2 Å². The molecule has 1 saturated carbocycles. The summed E-state index contributed by atoms with van der Waals surface area (Å²) >= 11 is 0. The molecule has 1 N–H and O–H groups in total. The number of benzene rings is 1. The van der Waals surface area contributed by atoms with E-state index < -0.39 is 0 Å². The van der Waals surface area contributed by atoms with Gasteiger partial charge in [0.25, 0.3) is 0 Å². The monoisotopic (exact) mass is 229 g/mol. The molecule has 0 bridgehead atoms. The molecule has 1 unspecified atom stereocenters. The number of anilines is 1. The van der Waals surface area contributed by atoms with Crippen molar-refractivity contribution in [2.45, 2.75) is 57.9 Å². The third kappa shape index (κ3) is 2.48. The van der Waals surface area contributed by atoms with Gasteiger partial charge in [-0.25, -0.2) is 0 Å². The van der Waals surface area contributed by atoms with Crippen molar-refractivity contribution in [3.05, 3.63) is 29.3 Å². The van der Waals surface area contributed by atoms with Gasteiger partial charge in [0.1, 0.15) is 0 Å². The zero-order chi connectivity index (χ0) is 11.7. The van der Waals surface area contributed by atoms with E-state index in [4.69, 9.17) is 0 Å². The first-order chi connectivity index (χ1) is 8.31. The second-order valence-corrected chi connectivity index (χ2v) is 5.93. The molecule has 1 heterocycles. The molecule has 0 radical (unpaired) electrons. The first-order valence-electron chi connectivity index (χ1n) is 7.19. The van der Waals surface area contributed by atoms with Crippen LogP contribution in [0.3, 0.4) is 0 Å². The van der Waals surface area contributed by atoms with E-state index in [-0.39, 0.29) is 0 Å². The van der Waals surface area contributed by atoms with Crippen LogP contribution in [-0.2, 0) is 12.8 Å². The van der Waals surface area contributed by atoms with Crippen molar-refractivity contribution >= 4 is 5.69 Å². The smallest absolute Gasteiger partial charge is 0.0374 e. The van der Waals surface area contributed by atoms with Gasteiger partial charge in [0, 0.05) is 11.7 Å². The predicted molar refractivity (Wildman–Crippen MR) is 73.5 cm³/mol. The maximum Gasteiger partial charge on any atom is 0.0374 e. The summed E-state index contributed by atoms with van der Waals surface area (Å²) in [6.45, 7) is 2.27. The number of aryl methyl sites for hydroxylation is 1. The SMILES string of the molecule is CC1CCc2cc(CC3CCCC3)ccc2N1. The minimum absolute atomic E-state index is 0.642. The van der Waals surface area contributed by atoms with Crippen LogP contribution in [0.15, 0.2) is 18.2 Å². The molecule has 1 atom stereocenters. The van der Waals surface area contributed by atoms with Gasteiger partial charge in [-0.3, -0.25) is 0 Å². The molecule has 3 rings (SSSR count). The van der Waals surface area contributed by atoms with Gasteiger partial charge >= 0.3 is 0 Å². The Morgan fingerprint density at radius 3 is 2.82 bits per heavy atom. The summed E-state index contributed by atoms with van der Waals surface area (Å²) in [5.41, 5.74) is 4.48. The number of nitrogens with one attached hydrogen (secondary N) is 1. The number of fused-ring (bicyclic) bond motifs is 1. The molecule has 1 aliphatic carbocycles. The van der Waals surface area contributed by atoms with E-state index in [0.717, 1.165) is 5.92 Å². The van der Waals surface area contributed by atoms with E-state index in [1.165, 1.54) is 50.6 Å². The lowest BCUT2D eigenvalue weighted by Crippen LogP contribution is -2.22. The number of rotatable bonds is 2. The fourth-order valence-electron chi connectivity index (χ4n) is 3.38. The Labute approximate surface area is 105 Å². The zero-order valence-corrected chi connectivity index (χ0v) is 10.8. The van der Waals surface area contributed by atoms with Gasteiger partial charge in [-0.2, -0.15) is 0 Å². The Balaban J connectivity index is 1.74. The fourth-order valence-corrected chi connectivity index (χ4v) is 3.38. The molecule has 1 aliphatic heterocycles. The molecule has 17 heavy (non-hydrogen) atoms. The normalized spacial score (nSPS) is 24.4. The lowest BCUT2D eigenvalue weighted by atomic mass is 9.92. The number of hydrogen-bond acceptors (Lipinski definition) is 1. The standard InChI is InChI=1S/C16H23N/c1-12-6-8-15-11-14(7-9-16(15)17-12)10-13-4-2-3-5-13/h7,9,11-13,17H,2-6,8,10H2,1H3. The molecular formula is C16H23N. The average Bonchev–Trinajstić information content (AvgIpc) is 2.82. The van der Waals surface area contributed by atoms with Gasteiger partial charge < -0.3 is 5.32 Å². The van der Waals surface area contributed by atoms with Crippen molar-refractivity contribution < 1.29 is 0 Å². The van der Waals surface area contributed by atoms with Gasteiger partial charge in [0.05, 0.1) is 0 Å². The second kappa shape index (κ2) is 4.72. The van der Waals surface area contributed by atoms with Gasteiger partial charge in [0.2, 0.25) is 0 Å². The molecule has 0 aromatic heterocycles. The fraction of sp³-hybridized carbons (Fsp3) is 0.625. The average molecular weight is 229 g/mol. The van der Waals surface area contributed by atoms with Crippen molar-refractivity contribution in [1.29, 1.82) is 0 Å². The van der Waals surface area contributed by atoms with E-state index in [9.17, 15) is 0 Å². The quantitative estimate of drug-likeness (QED) is 0.802. The Morgan fingerprint density at radius 2 is 2.00 bits per heavy atom. The van der Waals surface area contributed by atoms with Gasteiger partial charge in [0.15, 0.2) is 0 Å². The molecule has 0 spiro atoms. The Hall–Kier alpha value is -0.980. The van der Waals surface area contributed by atoms with Crippen molar-refractivity contribution in [2.75, 3.05) is 5.32 Å². The lowest BCUT2D eigenvalue weighted by Gasteiger charge is -2.25. The third-order valence-electron chi connectivity index (χ3n) is 4.42. The molecule has 1 fully saturated rings. The summed E-state index contributed by atoms with van der Waals surface area (Å²) in [6.07, 6.45) is 9.65. The highest BCUT2D eigenvalue weighted by Crippen LogP contribution is 2.30. The minimum Gasteiger partial charge on any atom is -0.382 e. The zero-order valence-electron chi connectivity index (χ0n) is 10.8. The molecule has 1 aromatic carbocycles. The van der Waals surface area contributed by atoms with Gasteiger partial charge in [-0.1, -0.05) is 37.8 Å². The van der Waals surface area contributed by atoms with Crippen LogP contribution in [0.4, 0.5) is 5.69 Å². The first kappa shape index (κ1) is 11.1. The van der Waals surface area contributed by atoms with Crippen LogP contribution in [0.2, 0.25) is 0 Å². The summed E-state index contributed by atoms with van der Waals surface area (Å²) in [5, 5.41) is 3.58. The van der Waals surface area contributed by atoms with E-state index in [1.807, 2.05) is 0 Å². The van der Waals surface area contributed by atoms with Crippen LogP contribution in [0.25, 0.3) is 0 Å². The maximum atomic E-state index is 3.58. The highest BCUT2D eigenvalue weighted by atomic mass is 14.9. The number of hydrogen-bond donors (Lipinski definition) is 1. The Kier molecular flexibility index (Phi) is 3.09. The molecule has 0 saturated heterocycles. The van der Waals surface area contributed by atoms with Crippen molar-refractivity contribution in [3.8, 4) is 0 Å². The van der Waals surface area contributed by atoms with E-state index in [2.05, 4.69) is 30.4 Å². The molecule has 92 valence electrons. The lowest BCUT2D eigenvalue weighted by molar-refractivity contribution is 0.546. The summed E-state index contributed by atoms with van der Waals surface area (Å²) in [4.78, 5) is 0. The minimum atomic E-state index is 0.642. The van der Waals surface area contributed by atoms with Crippen LogP contribution in [-0.4, -0.2) is 6.04 Å². The maximum absolute atomic E-state index is 3.58. The topological polar surface area (TPSA) is 12.0 Å². The van der Waals surface area contributed by atoms with E-state index in [1.54, 1.807) is 11.1 Å². The first-order valence-corrected chi connectivity index (χ1v) is 7.19. The van der Waals surface area contributed by atoms with Crippen molar-refractivity contribution in [3.63, 3.8) is 0 Å². The molecular weight excluding hydrogens is 206 g/mol. The summed E-state index contributed by atoms with van der Waals surface area (Å²) in [5.74, 6) is 0.962. The Morgan fingerprint density at radius 1 is 1.18 bits per heavy atom. The predicted octanol–water partition coefficient (Wildman–Crippen LogP) is 4.17. The van der Waals surface area contributed by atoms with Gasteiger partial charge in [-0.15, -0.1) is 0 Å². The molecule has 1 aromatic rings. The van der Waals surface area contributed by atoms with E-state index >= 15 is 0 Å². The third-order valence-corrected chi connectivity index (χ3v) is 4.42. The van der Waals surface area contributed by atoms with Crippen LogP contribution in [0, 0.1) is 5.92 Å². The molecule has 0 amide bonds. The Bertz CT molecular complexity index is 391. The summed E-state index contributed by atoms with van der Waals surface area (Å²) in [7, 11) is 0. The van der Waals surface area contributed by atoms with Crippen LogP contribution < -0.4 is 5.32 Å². The van der Waals surface area contributed by atoms with Gasteiger partial charge in [-0.05, 0) is 49.3 Å². The summed E-state index contributed by atoms with van der Waals surface area (Å²) < 4.78 is 0. The molecule has 1 heteroatoms. The van der Waals surface area contributed by atoms with E-state index in [0.29, 0.717) is 6.04 Å². The highest BCUT2D eigenvalue weighted by molar-refractivity contribution is 5.55. The van der Waals surface area contributed by atoms with Crippen molar-refractivity contribution in [2.24, 2.45) is 5.92 Å².